The maximum Gasteiger partial charge on any atom is 0.0885 e. The van der Waals surface area contributed by atoms with Crippen molar-refractivity contribution in [3.63, 3.8) is 0 Å². The van der Waals surface area contributed by atoms with Gasteiger partial charge in [0.15, 0.2) is 0 Å². The summed E-state index contributed by atoms with van der Waals surface area (Å²) in [5, 5.41) is 0.497. The molecule has 0 unspecified atom stereocenters. The van der Waals surface area contributed by atoms with Gasteiger partial charge in [-0.2, -0.15) is 0 Å². The Labute approximate surface area is 62.7 Å². The van der Waals surface area contributed by atoms with Gasteiger partial charge >= 0.3 is 0 Å². The fraction of sp³-hybridized carbons (Fsp3) is 0. The highest BCUT2D eigenvalue weighted by atomic mass is 35.5. The van der Waals surface area contributed by atoms with Crippen LogP contribution in [0.25, 0.3) is 0 Å². The Bertz CT molecular complexity index is 239. The van der Waals surface area contributed by atoms with Crippen LogP contribution in [0.1, 0.15) is 0 Å². The van der Waals surface area contributed by atoms with Gasteiger partial charge in [-0.15, -0.1) is 4.48 Å². The number of benzene rings is 1. The van der Waals surface area contributed by atoms with Crippen molar-refractivity contribution in [3.05, 3.63) is 23.2 Å². The van der Waals surface area contributed by atoms with E-state index >= 15 is 0 Å². The zero-order valence-electron chi connectivity index (χ0n) is 5.07. The quantitative estimate of drug-likeness (QED) is 0.488. The highest BCUT2D eigenvalue weighted by Gasteiger charge is 1.96. The molecule has 0 aliphatic carbocycles. The second kappa shape index (κ2) is 2.75. The number of hydrogen-bond acceptors (Lipinski definition) is 2. The molecule has 0 heterocycles. The molecule has 4 heteroatoms. The van der Waals surface area contributed by atoms with Gasteiger partial charge in [-0.3, -0.25) is 0 Å². The molecule has 0 amide bonds. The molecule has 0 spiro atoms. The van der Waals surface area contributed by atoms with Crippen LogP contribution in [0.5, 0.6) is 0 Å². The number of hydrogen-bond donors (Lipinski definition) is 2. The predicted molar refractivity (Wildman–Crippen MR) is 40.6 cm³/mol. The van der Waals surface area contributed by atoms with E-state index in [2.05, 4.69) is 0 Å². The zero-order chi connectivity index (χ0) is 7.56. The van der Waals surface area contributed by atoms with Crippen molar-refractivity contribution < 1.29 is 4.48 Å². The Hall–Kier alpha value is -0.960. The fourth-order valence-electron chi connectivity index (χ4n) is 0.620. The molecular weight excluding hydrogens is 155 g/mol. The van der Waals surface area contributed by atoms with Crippen molar-refractivity contribution in [2.75, 3.05) is 11.3 Å². The van der Waals surface area contributed by atoms with Gasteiger partial charge in [0.05, 0.1) is 11.4 Å². The van der Waals surface area contributed by atoms with E-state index in [4.69, 9.17) is 17.3 Å². The molecule has 0 radical (unpaired) electrons. The van der Waals surface area contributed by atoms with E-state index in [0.29, 0.717) is 10.7 Å². The normalized spacial score (nSPS) is 9.40. The van der Waals surface area contributed by atoms with Crippen molar-refractivity contribution in [1.29, 1.82) is 0 Å². The van der Waals surface area contributed by atoms with E-state index in [1.807, 2.05) is 0 Å². The number of nitrogens with one attached hydrogen (secondary N) is 1. The van der Waals surface area contributed by atoms with Crippen molar-refractivity contribution in [1.82, 2.24) is 0 Å². The second-order valence-electron chi connectivity index (χ2n) is 1.83. The molecule has 1 aromatic rings. The Balaban J connectivity index is 3.07. The highest BCUT2D eigenvalue weighted by molar-refractivity contribution is 6.31. The first kappa shape index (κ1) is 7.15. The third-order valence-electron chi connectivity index (χ3n) is 1.12. The number of nitrogens with two attached hydrogens (primary N) is 1. The Morgan fingerprint density at radius 1 is 1.50 bits per heavy atom. The van der Waals surface area contributed by atoms with Crippen LogP contribution in [0, 0.1) is 0 Å². The maximum absolute atomic E-state index is 11.7. The number of halogens is 2. The first-order valence-electron chi connectivity index (χ1n) is 2.65. The van der Waals surface area contributed by atoms with Crippen LogP contribution >= 0.6 is 11.6 Å². The maximum atomic E-state index is 11.7. The van der Waals surface area contributed by atoms with Crippen LogP contribution in [0.15, 0.2) is 18.2 Å². The van der Waals surface area contributed by atoms with E-state index in [-0.39, 0.29) is 5.69 Å². The first-order chi connectivity index (χ1) is 4.74. The Morgan fingerprint density at radius 3 is 2.70 bits per heavy atom. The van der Waals surface area contributed by atoms with Crippen LogP contribution in [-0.2, 0) is 0 Å². The lowest BCUT2D eigenvalue weighted by Crippen LogP contribution is -1.91. The third kappa shape index (κ3) is 1.30. The van der Waals surface area contributed by atoms with E-state index in [1.165, 1.54) is 17.7 Å². The lowest BCUT2D eigenvalue weighted by molar-refractivity contribution is 0.618. The molecule has 0 saturated carbocycles. The molecule has 0 aliphatic rings. The Morgan fingerprint density at radius 2 is 2.20 bits per heavy atom. The molecule has 0 fully saturated rings. The summed E-state index contributed by atoms with van der Waals surface area (Å²) in [5.74, 6) is 0. The molecule has 54 valence electrons. The molecule has 10 heavy (non-hydrogen) atoms. The predicted octanol–water partition coefficient (Wildman–Crippen LogP) is 2.22. The molecule has 0 bridgehead atoms. The van der Waals surface area contributed by atoms with Gasteiger partial charge < -0.3 is 5.73 Å². The van der Waals surface area contributed by atoms with Crippen LogP contribution < -0.4 is 11.3 Å². The van der Waals surface area contributed by atoms with Gasteiger partial charge in [-0.1, -0.05) is 11.6 Å². The molecule has 3 N–H and O–H groups in total. The van der Waals surface area contributed by atoms with Crippen LogP contribution in [0.3, 0.4) is 0 Å². The minimum Gasteiger partial charge on any atom is -0.397 e. The van der Waals surface area contributed by atoms with Crippen molar-refractivity contribution in [2.24, 2.45) is 0 Å². The standard InChI is InChI=1S/C6H6ClFN2/c7-4-1-2-6(10-8)5(9)3-4/h1-3,10H,9H2. The van der Waals surface area contributed by atoms with Crippen molar-refractivity contribution in [3.8, 4) is 0 Å². The second-order valence-corrected chi connectivity index (χ2v) is 2.26. The molecule has 1 aromatic carbocycles. The van der Waals surface area contributed by atoms with Gasteiger partial charge in [0.2, 0.25) is 0 Å². The van der Waals surface area contributed by atoms with Gasteiger partial charge in [0.25, 0.3) is 0 Å². The van der Waals surface area contributed by atoms with Gasteiger partial charge in [-0.25, -0.2) is 5.54 Å². The summed E-state index contributed by atoms with van der Waals surface area (Å²) < 4.78 is 11.7. The topological polar surface area (TPSA) is 38.0 Å². The molecular formula is C6H6ClFN2. The third-order valence-corrected chi connectivity index (χ3v) is 1.35. The summed E-state index contributed by atoms with van der Waals surface area (Å²) in [7, 11) is 0. The number of anilines is 2. The Kier molecular flexibility index (Phi) is 1.97. The molecule has 0 aromatic heterocycles. The van der Waals surface area contributed by atoms with Crippen LogP contribution in [0.2, 0.25) is 5.02 Å². The van der Waals surface area contributed by atoms with Crippen LogP contribution in [0.4, 0.5) is 15.9 Å². The smallest absolute Gasteiger partial charge is 0.0885 e. The minimum atomic E-state index is 0.240. The fourth-order valence-corrected chi connectivity index (χ4v) is 0.800. The molecule has 1 rings (SSSR count). The number of nitrogen functional groups attached to an aromatic ring is 1. The number of rotatable bonds is 1. The average Bonchev–Trinajstić information content (AvgIpc) is 1.88. The van der Waals surface area contributed by atoms with E-state index in [1.54, 1.807) is 6.07 Å². The van der Waals surface area contributed by atoms with E-state index in [9.17, 15) is 4.48 Å². The molecule has 0 atom stereocenters. The van der Waals surface area contributed by atoms with Crippen molar-refractivity contribution in [2.45, 2.75) is 0 Å². The SMILES string of the molecule is Nc1cc(Cl)ccc1NF. The summed E-state index contributed by atoms with van der Waals surface area (Å²) >= 11 is 5.54. The zero-order valence-corrected chi connectivity index (χ0v) is 5.82. The summed E-state index contributed by atoms with van der Waals surface area (Å²) in [6, 6.07) is 4.50. The molecule has 0 aliphatic heterocycles. The molecule has 2 nitrogen and oxygen atoms in total. The van der Waals surface area contributed by atoms with Gasteiger partial charge in [0, 0.05) is 5.02 Å². The van der Waals surface area contributed by atoms with Crippen molar-refractivity contribution >= 4 is 23.0 Å². The monoisotopic (exact) mass is 160 g/mol. The highest BCUT2D eigenvalue weighted by Crippen LogP contribution is 2.22. The largest absolute Gasteiger partial charge is 0.397 e. The average molecular weight is 161 g/mol. The lowest BCUT2D eigenvalue weighted by Gasteiger charge is -2.00. The lowest BCUT2D eigenvalue weighted by atomic mass is 10.3. The van der Waals surface area contributed by atoms with Gasteiger partial charge in [0.1, 0.15) is 0 Å². The first-order valence-corrected chi connectivity index (χ1v) is 3.03. The summed E-state index contributed by atoms with van der Waals surface area (Å²) in [5.41, 5.74) is 7.32. The summed E-state index contributed by atoms with van der Waals surface area (Å²) in [6.07, 6.45) is 0. The van der Waals surface area contributed by atoms with Gasteiger partial charge in [-0.05, 0) is 18.2 Å². The van der Waals surface area contributed by atoms with Crippen LogP contribution in [-0.4, -0.2) is 0 Å². The van der Waals surface area contributed by atoms with E-state index in [0.717, 1.165) is 0 Å². The summed E-state index contributed by atoms with van der Waals surface area (Å²) in [6.45, 7) is 0. The van der Waals surface area contributed by atoms with E-state index < -0.39 is 0 Å². The summed E-state index contributed by atoms with van der Waals surface area (Å²) in [4.78, 5) is 0. The minimum absolute atomic E-state index is 0.240. The molecule has 0 saturated heterocycles.